The molecule has 0 bridgehead atoms. The lowest BCUT2D eigenvalue weighted by Crippen LogP contribution is -2.41. The van der Waals surface area contributed by atoms with E-state index in [1.54, 1.807) is 116 Å². The van der Waals surface area contributed by atoms with Gasteiger partial charge in [0.1, 0.15) is 16.7 Å². The summed E-state index contributed by atoms with van der Waals surface area (Å²) < 4.78 is 39.9. The first kappa shape index (κ1) is 102. The highest BCUT2D eigenvalue weighted by Gasteiger charge is 2.51. The highest BCUT2D eigenvalue weighted by Crippen LogP contribution is 2.36. The van der Waals surface area contributed by atoms with E-state index in [1.165, 1.54) is 60.8 Å². The van der Waals surface area contributed by atoms with Gasteiger partial charge in [0, 0.05) is 98.6 Å². The summed E-state index contributed by atoms with van der Waals surface area (Å²) in [5.41, 5.74) is 14.5. The minimum Gasteiger partial charge on any atom is -0.480 e. The van der Waals surface area contributed by atoms with Crippen LogP contribution < -0.4 is 21.8 Å². The molecular weight excluding hydrogens is 1700 g/mol. The Bertz CT molecular complexity index is 4620. The van der Waals surface area contributed by atoms with E-state index in [0.717, 1.165) is 55.1 Å². The van der Waals surface area contributed by atoms with Crippen LogP contribution in [0.15, 0.2) is 248 Å². The van der Waals surface area contributed by atoms with Crippen LogP contribution in [0.4, 0.5) is 0 Å². The number of aliphatic carboxylic acids is 2. The summed E-state index contributed by atoms with van der Waals surface area (Å²) in [7, 11) is 12.2. The summed E-state index contributed by atoms with van der Waals surface area (Å²) in [4.78, 5) is 120. The summed E-state index contributed by atoms with van der Waals surface area (Å²) in [6.45, 7) is 10.5. The molecule has 2 atom stereocenters. The maximum Gasteiger partial charge on any atom is 0.494 e. The number of rotatable bonds is 19. The molecule has 2 aliphatic rings. The van der Waals surface area contributed by atoms with Crippen molar-refractivity contribution in [2.45, 2.75) is 95.9 Å². The average Bonchev–Trinajstić information content (AvgIpc) is 1.61. The van der Waals surface area contributed by atoms with Gasteiger partial charge in [-0.25, -0.2) is 28.4 Å². The molecule has 34 heteroatoms. The highest BCUT2D eigenvalue weighted by atomic mass is 79.9. The van der Waals surface area contributed by atoms with Crippen LogP contribution in [0.1, 0.15) is 124 Å². The Hall–Kier alpha value is -11.0. The molecule has 0 saturated carbocycles. The molecule has 7 N–H and O–H groups in total. The number of carbonyl (C=O) groups excluding carboxylic acids is 6. The molecule has 0 radical (unpaired) electrons. The monoisotopic (exact) mass is 1790 g/mol. The number of pyridine rings is 5. The number of esters is 4. The van der Waals surface area contributed by atoms with E-state index in [9.17, 15) is 48.3 Å². The fraction of sp³-hybridized carbons (Fsp3) is 0.247. The number of aromatic nitrogens is 5. The van der Waals surface area contributed by atoms with Gasteiger partial charge in [0.05, 0.1) is 79.1 Å². The highest BCUT2D eigenvalue weighted by molar-refractivity contribution is 9.10. The predicted octanol–water partition coefficient (Wildman–Crippen LogP) is 15.2. The molecule has 5 aromatic carbocycles. The molecule has 10 aromatic rings. The number of nitrogens with two attached hydrogens (primary N) is 1. The first-order valence-corrected chi connectivity index (χ1v) is 40.1. The van der Waals surface area contributed by atoms with Gasteiger partial charge >= 0.3 is 48.9 Å². The first-order valence-electron chi connectivity index (χ1n) is 36.1. The van der Waals surface area contributed by atoms with Crippen molar-refractivity contribution in [3.63, 3.8) is 0 Å². The fourth-order valence-corrected chi connectivity index (χ4v) is 10.2. The van der Waals surface area contributed by atoms with Crippen LogP contribution in [-0.2, 0) is 56.7 Å². The fourth-order valence-electron chi connectivity index (χ4n) is 9.76. The molecule has 27 nitrogen and oxygen atoms in total. The maximum absolute atomic E-state index is 12.2. The normalized spacial score (nSPS) is 12.6. The lowest BCUT2D eigenvalue weighted by molar-refractivity contribution is -0.143. The standard InChI is InChI=1S/C18H18N2O5.C14H19BO4.C13H11NO2.C12H8ClNO.C12H9NO2.C6H11NO4.C5H4BrN.C5H11N.Cl2OS.ClH/c1-25-16(21)10-9-15(18(23)24)20-17(22)13-7-5-12(6-8-13)14-4-2-3-11-19-14;1-13(2)14(3,4)19-15(18-13)11-8-6-10(7-9-11)12(16)17-5;1-16-13(15)11-7-5-10(6-8-11)12-4-2-3-9-14-12;13-12(15)10-6-4-9(5-7-10)11-3-1-2-8-14-11;14-12(15)10-6-4-9(5-7-10)11-3-1-2-8-13-11;1-11-5(8)3-2-4(7)6(9)10;6-5-3-1-2-4-7-5;1-2-4-6-5-3-1;1-4(2)3;/h2-8,11,15H,9-10H2,1H3,(H,20,22)(H,23,24);6-9H,1-5H3;2-9H,1H3;1-8H;1-8H,(H,14,15);4H,2-3,7H2,1H3,(H,9,10);1-4H;6H,1-5H2;;1H/t15-;;;;;4-;;;;/m0....0..../s1. The van der Waals surface area contributed by atoms with Crippen LogP contribution in [0.3, 0.4) is 0 Å². The van der Waals surface area contributed by atoms with E-state index in [0.29, 0.717) is 22.3 Å². The van der Waals surface area contributed by atoms with E-state index in [-0.39, 0.29) is 66.8 Å². The second-order valence-corrected chi connectivity index (χ2v) is 29.3. The maximum atomic E-state index is 12.2. The predicted molar refractivity (Wildman–Crippen MR) is 463 cm³/mol. The number of aromatic carboxylic acids is 1. The summed E-state index contributed by atoms with van der Waals surface area (Å²) in [5, 5.41) is 31.4. The van der Waals surface area contributed by atoms with Crippen molar-refractivity contribution in [2.24, 2.45) is 5.73 Å². The summed E-state index contributed by atoms with van der Waals surface area (Å²) in [5.74, 6) is -5.39. The zero-order valence-corrected chi connectivity index (χ0v) is 71.7. The minimum atomic E-state index is -1.67. The van der Waals surface area contributed by atoms with Crippen LogP contribution in [0.5, 0.6) is 0 Å². The largest absolute Gasteiger partial charge is 0.494 e. The van der Waals surface area contributed by atoms with E-state index in [4.69, 9.17) is 41.1 Å². The van der Waals surface area contributed by atoms with Crippen LogP contribution in [0.25, 0.3) is 45.0 Å². The molecular formula is C85H92BBrCl4N8O19S. The Labute approximate surface area is 721 Å². The van der Waals surface area contributed by atoms with Gasteiger partial charge in [-0.05, 0) is 221 Å². The van der Waals surface area contributed by atoms with Crippen LogP contribution in [-0.4, -0.2) is 169 Å². The summed E-state index contributed by atoms with van der Waals surface area (Å²) in [6, 6.07) is 60.8. The molecule has 7 heterocycles. The molecule has 0 spiro atoms. The smallest absolute Gasteiger partial charge is 0.480 e. The number of nitrogens with one attached hydrogen (secondary N) is 2. The average molecular weight is 1790 g/mol. The number of nitrogens with zero attached hydrogens (tertiary/aromatic N) is 5. The number of halogens is 5. The summed E-state index contributed by atoms with van der Waals surface area (Å²) in [6.07, 6.45) is 12.8. The van der Waals surface area contributed by atoms with Crippen molar-refractivity contribution in [2.75, 3.05) is 41.5 Å². The van der Waals surface area contributed by atoms with Crippen molar-refractivity contribution in [1.82, 2.24) is 35.6 Å². The number of carboxylic acid groups (broad SMARTS) is 3. The quantitative estimate of drug-likeness (QED) is 0.0144. The number of carbonyl (C=O) groups is 9. The Balaban J connectivity index is 0.000000358. The van der Waals surface area contributed by atoms with Crippen molar-refractivity contribution in [3.05, 3.63) is 276 Å². The van der Waals surface area contributed by atoms with Crippen molar-refractivity contribution in [1.29, 1.82) is 0 Å². The van der Waals surface area contributed by atoms with Gasteiger partial charge in [0.15, 0.2) is 0 Å². The number of methoxy groups -OCH3 is 4. The molecule has 12 rings (SSSR count). The third kappa shape index (κ3) is 38.9. The van der Waals surface area contributed by atoms with Gasteiger partial charge in [-0.1, -0.05) is 97.4 Å². The van der Waals surface area contributed by atoms with Gasteiger partial charge < -0.3 is 59.9 Å². The zero-order valence-electron chi connectivity index (χ0n) is 66.2. The topological polar surface area (TPSA) is 401 Å². The number of hydrogen-bond donors (Lipinski definition) is 6. The number of hydrogen-bond acceptors (Lipinski definition) is 23. The molecule has 5 aromatic heterocycles. The van der Waals surface area contributed by atoms with Crippen LogP contribution in [0.2, 0.25) is 0 Å². The number of piperidine rings is 1. The van der Waals surface area contributed by atoms with E-state index < -0.39 is 69.4 Å². The van der Waals surface area contributed by atoms with Crippen molar-refractivity contribution < 1.29 is 90.9 Å². The van der Waals surface area contributed by atoms with Gasteiger partial charge in [-0.15, -0.1) is 12.4 Å². The van der Waals surface area contributed by atoms with E-state index in [1.807, 2.05) is 155 Å². The zero-order chi connectivity index (χ0) is 87.0. The Morgan fingerprint density at radius 2 is 0.824 bits per heavy atom. The third-order valence-corrected chi connectivity index (χ3v) is 17.6. The molecule has 2 saturated heterocycles. The van der Waals surface area contributed by atoms with Crippen molar-refractivity contribution in [3.8, 4) is 45.0 Å². The molecule has 119 heavy (non-hydrogen) atoms. The third-order valence-electron chi connectivity index (χ3n) is 16.9. The summed E-state index contributed by atoms with van der Waals surface area (Å²) >= 11 is 8.55. The van der Waals surface area contributed by atoms with Gasteiger partial charge in [0.25, 0.3) is 11.1 Å². The first-order chi connectivity index (χ1) is 56.3. The lowest BCUT2D eigenvalue weighted by Gasteiger charge is -2.32. The number of ether oxygens (including phenoxy) is 4. The van der Waals surface area contributed by atoms with E-state index >= 15 is 0 Å². The van der Waals surface area contributed by atoms with Crippen LogP contribution in [0, 0.1) is 0 Å². The van der Waals surface area contributed by atoms with Gasteiger partial charge in [-0.2, -0.15) is 0 Å². The number of carboxylic acids is 3. The Kier molecular flexibility index (Phi) is 47.7. The number of amides is 1. The van der Waals surface area contributed by atoms with Gasteiger partial charge in [0.2, 0.25) is 9.23 Å². The second-order valence-electron chi connectivity index (χ2n) is 25.6. The SMILES string of the molecule is Brc1ccccn1.C1CCNCC1.COC(=O)CC[C@H](N)C(=O)O.COC(=O)CC[C@H](NC(=O)c1ccc(-c2ccccn2)cc1)C(=O)O.COC(=O)c1ccc(-c2ccccn2)cc1.COC(=O)c1ccc(B2OC(C)(C)C(C)(C)O2)cc1.Cl.O=C(Cl)c1ccc(-c2ccccn2)cc1.O=C(O)c1ccc(-c2ccccn2)cc1.O=S(Cl)Cl. The number of benzene rings is 5. The molecule has 2 aliphatic heterocycles. The minimum absolute atomic E-state index is 0. The molecule has 1 amide bonds. The molecule has 2 fully saturated rings. The molecule has 0 aliphatic carbocycles. The second kappa shape index (κ2) is 55.6. The van der Waals surface area contributed by atoms with Crippen molar-refractivity contribution >= 4 is 136 Å². The van der Waals surface area contributed by atoms with Gasteiger partial charge in [-0.3, -0.25) is 43.9 Å². The molecule has 630 valence electrons. The van der Waals surface area contributed by atoms with E-state index in [2.05, 4.69) is 91.8 Å². The van der Waals surface area contributed by atoms with Crippen LogP contribution >= 0.6 is 61.3 Å². The lowest BCUT2D eigenvalue weighted by atomic mass is 9.79. The Morgan fingerprint density at radius 1 is 0.487 bits per heavy atom. The molecule has 0 unspecified atom stereocenters. The Morgan fingerprint density at radius 3 is 1.09 bits per heavy atom.